The zero-order valence-electron chi connectivity index (χ0n) is 10.9. The molecule has 0 heterocycles. The summed E-state index contributed by atoms with van der Waals surface area (Å²) in [6.45, 7) is 2.61. The lowest BCUT2D eigenvalue weighted by Crippen LogP contribution is -2.08. The van der Waals surface area contributed by atoms with Gasteiger partial charge >= 0.3 is 5.97 Å². The third kappa shape index (κ3) is 3.35. The molecule has 0 aliphatic carbocycles. The standard InChI is InChI=1S/C16H17NO2/c1-12-14(16(18)19)8-5-9-15(12)17-11-10-13-6-3-2-4-7-13/h2-9,17H,10-11H2,1H3,(H,18,19). The van der Waals surface area contributed by atoms with Crippen LogP contribution in [0.5, 0.6) is 0 Å². The number of carboxylic acid groups (broad SMARTS) is 1. The summed E-state index contributed by atoms with van der Waals surface area (Å²) in [5.41, 5.74) is 3.28. The van der Waals surface area contributed by atoms with E-state index in [-0.39, 0.29) is 0 Å². The smallest absolute Gasteiger partial charge is 0.336 e. The molecule has 0 amide bonds. The molecular formula is C16H17NO2. The van der Waals surface area contributed by atoms with E-state index < -0.39 is 5.97 Å². The second-order valence-corrected chi connectivity index (χ2v) is 4.45. The number of hydrogen-bond donors (Lipinski definition) is 2. The molecule has 3 nitrogen and oxygen atoms in total. The normalized spacial score (nSPS) is 10.2. The van der Waals surface area contributed by atoms with Crippen molar-refractivity contribution in [1.29, 1.82) is 0 Å². The maximum atomic E-state index is 11.0. The molecule has 0 saturated carbocycles. The minimum Gasteiger partial charge on any atom is -0.478 e. The van der Waals surface area contributed by atoms with Crippen molar-refractivity contribution in [3.8, 4) is 0 Å². The first-order chi connectivity index (χ1) is 9.18. The third-order valence-corrected chi connectivity index (χ3v) is 3.14. The molecule has 0 bridgehead atoms. The number of rotatable bonds is 5. The van der Waals surface area contributed by atoms with Gasteiger partial charge in [0, 0.05) is 12.2 Å². The number of benzene rings is 2. The quantitative estimate of drug-likeness (QED) is 0.861. The van der Waals surface area contributed by atoms with Crippen molar-refractivity contribution in [3.05, 3.63) is 65.2 Å². The number of nitrogens with one attached hydrogen (secondary N) is 1. The maximum absolute atomic E-state index is 11.0. The van der Waals surface area contributed by atoms with Gasteiger partial charge in [0.05, 0.1) is 5.56 Å². The Hall–Kier alpha value is -2.29. The largest absolute Gasteiger partial charge is 0.478 e. The number of carboxylic acids is 1. The Balaban J connectivity index is 2.00. The summed E-state index contributed by atoms with van der Waals surface area (Å²) in [6, 6.07) is 15.5. The first kappa shape index (κ1) is 13.1. The van der Waals surface area contributed by atoms with Crippen LogP contribution < -0.4 is 5.32 Å². The van der Waals surface area contributed by atoms with Gasteiger partial charge in [-0.1, -0.05) is 36.4 Å². The summed E-state index contributed by atoms with van der Waals surface area (Å²) in [5.74, 6) is -0.885. The highest BCUT2D eigenvalue weighted by molar-refractivity contribution is 5.91. The molecule has 0 aliphatic rings. The van der Waals surface area contributed by atoms with E-state index in [1.807, 2.05) is 31.2 Å². The van der Waals surface area contributed by atoms with Crippen molar-refractivity contribution in [1.82, 2.24) is 0 Å². The number of carbonyl (C=O) groups is 1. The lowest BCUT2D eigenvalue weighted by molar-refractivity contribution is 0.0696. The Morgan fingerprint density at radius 1 is 1.11 bits per heavy atom. The van der Waals surface area contributed by atoms with Crippen molar-refractivity contribution >= 4 is 11.7 Å². The monoisotopic (exact) mass is 255 g/mol. The first-order valence-corrected chi connectivity index (χ1v) is 6.29. The molecule has 0 atom stereocenters. The van der Waals surface area contributed by atoms with Crippen molar-refractivity contribution in [2.24, 2.45) is 0 Å². The van der Waals surface area contributed by atoms with E-state index in [0.29, 0.717) is 5.56 Å². The van der Waals surface area contributed by atoms with E-state index in [1.54, 1.807) is 12.1 Å². The average Bonchev–Trinajstić information content (AvgIpc) is 2.41. The SMILES string of the molecule is Cc1c(NCCc2ccccc2)cccc1C(=O)O. The van der Waals surface area contributed by atoms with Crippen LogP contribution in [0.2, 0.25) is 0 Å². The summed E-state index contributed by atoms with van der Waals surface area (Å²) in [5, 5.41) is 12.4. The highest BCUT2D eigenvalue weighted by Crippen LogP contribution is 2.18. The van der Waals surface area contributed by atoms with Gasteiger partial charge in [0.2, 0.25) is 0 Å². The predicted octanol–water partition coefficient (Wildman–Crippen LogP) is 3.35. The van der Waals surface area contributed by atoms with Crippen LogP contribution in [0.15, 0.2) is 48.5 Å². The molecule has 0 aliphatic heterocycles. The third-order valence-electron chi connectivity index (χ3n) is 3.14. The fraction of sp³-hybridized carbons (Fsp3) is 0.188. The molecule has 0 unspecified atom stereocenters. The molecule has 3 heteroatoms. The lowest BCUT2D eigenvalue weighted by Gasteiger charge is -2.11. The second-order valence-electron chi connectivity index (χ2n) is 4.45. The summed E-state index contributed by atoms with van der Waals surface area (Å²) in [6.07, 6.45) is 0.914. The van der Waals surface area contributed by atoms with Gasteiger partial charge in [-0.2, -0.15) is 0 Å². The van der Waals surface area contributed by atoms with E-state index in [0.717, 1.165) is 24.2 Å². The minimum atomic E-state index is -0.885. The van der Waals surface area contributed by atoms with E-state index in [2.05, 4.69) is 17.4 Å². The second kappa shape index (κ2) is 6.05. The zero-order chi connectivity index (χ0) is 13.7. The Kier molecular flexibility index (Phi) is 4.18. The Bertz CT molecular complexity index is 564. The van der Waals surface area contributed by atoms with Crippen LogP contribution in [0.1, 0.15) is 21.5 Å². The van der Waals surface area contributed by atoms with Gasteiger partial charge < -0.3 is 10.4 Å². The number of hydrogen-bond acceptors (Lipinski definition) is 2. The predicted molar refractivity (Wildman–Crippen MR) is 76.8 cm³/mol. The maximum Gasteiger partial charge on any atom is 0.336 e. The molecule has 2 rings (SSSR count). The first-order valence-electron chi connectivity index (χ1n) is 6.29. The van der Waals surface area contributed by atoms with Gasteiger partial charge in [-0.3, -0.25) is 0 Å². The van der Waals surface area contributed by atoms with Crippen molar-refractivity contribution < 1.29 is 9.90 Å². The summed E-state index contributed by atoms with van der Waals surface area (Å²) >= 11 is 0. The van der Waals surface area contributed by atoms with Crippen molar-refractivity contribution in [3.63, 3.8) is 0 Å². The molecule has 0 spiro atoms. The van der Waals surface area contributed by atoms with E-state index in [9.17, 15) is 4.79 Å². The van der Waals surface area contributed by atoms with Crippen LogP contribution in [0, 0.1) is 6.92 Å². The molecular weight excluding hydrogens is 238 g/mol. The molecule has 98 valence electrons. The van der Waals surface area contributed by atoms with E-state index in [4.69, 9.17) is 5.11 Å². The van der Waals surface area contributed by atoms with Gasteiger partial charge in [0.25, 0.3) is 0 Å². The van der Waals surface area contributed by atoms with Crippen LogP contribution in [0.3, 0.4) is 0 Å². The Morgan fingerprint density at radius 3 is 2.53 bits per heavy atom. The van der Waals surface area contributed by atoms with E-state index >= 15 is 0 Å². The average molecular weight is 255 g/mol. The van der Waals surface area contributed by atoms with E-state index in [1.165, 1.54) is 5.56 Å². The Labute approximate surface area is 112 Å². The van der Waals surface area contributed by atoms with Crippen LogP contribution in [-0.2, 0) is 6.42 Å². The molecule has 19 heavy (non-hydrogen) atoms. The van der Waals surface area contributed by atoms with Crippen LogP contribution in [0.4, 0.5) is 5.69 Å². The van der Waals surface area contributed by atoms with Crippen LogP contribution in [0.25, 0.3) is 0 Å². The van der Waals surface area contributed by atoms with Crippen LogP contribution >= 0.6 is 0 Å². The fourth-order valence-electron chi connectivity index (χ4n) is 2.05. The van der Waals surface area contributed by atoms with Crippen molar-refractivity contribution in [2.75, 3.05) is 11.9 Å². The molecule has 2 aromatic carbocycles. The van der Waals surface area contributed by atoms with Gasteiger partial charge in [0.1, 0.15) is 0 Å². The minimum absolute atomic E-state index is 0.352. The Morgan fingerprint density at radius 2 is 1.84 bits per heavy atom. The highest BCUT2D eigenvalue weighted by atomic mass is 16.4. The lowest BCUT2D eigenvalue weighted by atomic mass is 10.1. The number of aromatic carboxylic acids is 1. The fourth-order valence-corrected chi connectivity index (χ4v) is 2.05. The van der Waals surface area contributed by atoms with Crippen molar-refractivity contribution in [2.45, 2.75) is 13.3 Å². The topological polar surface area (TPSA) is 49.3 Å². The van der Waals surface area contributed by atoms with Gasteiger partial charge in [-0.15, -0.1) is 0 Å². The summed E-state index contributed by atoms with van der Waals surface area (Å²) in [4.78, 5) is 11.0. The molecule has 0 radical (unpaired) electrons. The highest BCUT2D eigenvalue weighted by Gasteiger charge is 2.09. The van der Waals surface area contributed by atoms with Crippen LogP contribution in [-0.4, -0.2) is 17.6 Å². The molecule has 2 N–H and O–H groups in total. The van der Waals surface area contributed by atoms with Gasteiger partial charge in [-0.25, -0.2) is 4.79 Å². The molecule has 0 aromatic heterocycles. The van der Waals surface area contributed by atoms with Gasteiger partial charge in [-0.05, 0) is 36.6 Å². The number of anilines is 1. The van der Waals surface area contributed by atoms with Gasteiger partial charge in [0.15, 0.2) is 0 Å². The summed E-state index contributed by atoms with van der Waals surface area (Å²) in [7, 11) is 0. The zero-order valence-corrected chi connectivity index (χ0v) is 10.9. The summed E-state index contributed by atoms with van der Waals surface area (Å²) < 4.78 is 0. The molecule has 2 aromatic rings. The molecule has 0 saturated heterocycles. The molecule has 0 fully saturated rings.